The average molecular weight is 437 g/mol. The van der Waals surface area contributed by atoms with Crippen molar-refractivity contribution in [3.05, 3.63) is 49.2 Å². The molecule has 2 amide bonds. The summed E-state index contributed by atoms with van der Waals surface area (Å²) in [5, 5.41) is 0. The first kappa shape index (κ1) is 21.3. The van der Waals surface area contributed by atoms with Crippen LogP contribution in [0.1, 0.15) is 12.8 Å². The van der Waals surface area contributed by atoms with Gasteiger partial charge in [-0.25, -0.2) is 4.98 Å². The Kier molecular flexibility index (Phi) is 6.11. The molecule has 2 aliphatic heterocycles. The number of piperazine rings is 1. The van der Waals surface area contributed by atoms with Crippen molar-refractivity contribution in [3.63, 3.8) is 0 Å². The highest BCUT2D eigenvalue weighted by Crippen LogP contribution is 2.49. The molecule has 2 bridgehead atoms. The van der Waals surface area contributed by atoms with Gasteiger partial charge in [-0.15, -0.1) is 6.58 Å². The van der Waals surface area contributed by atoms with Gasteiger partial charge in [0.2, 0.25) is 11.8 Å². The van der Waals surface area contributed by atoms with Crippen LogP contribution in [0, 0.1) is 23.7 Å². The van der Waals surface area contributed by atoms with Crippen LogP contribution >= 0.6 is 0 Å². The normalized spacial score (nSPS) is 30.6. The molecule has 2 saturated heterocycles. The second kappa shape index (κ2) is 9.16. The van der Waals surface area contributed by atoms with Crippen LogP contribution < -0.4 is 4.90 Å². The minimum atomic E-state index is -0.215. The van der Waals surface area contributed by atoms with E-state index in [4.69, 9.17) is 4.74 Å². The molecule has 0 aromatic carbocycles. The number of nitrogens with zero attached hydrogens (tertiary/aromatic N) is 4. The summed E-state index contributed by atoms with van der Waals surface area (Å²) >= 11 is 0. The third kappa shape index (κ3) is 3.99. The summed E-state index contributed by atoms with van der Waals surface area (Å²) in [5.74, 6) is 1.14. The number of hydrogen-bond acceptors (Lipinski definition) is 6. The molecule has 7 nitrogen and oxygen atoms in total. The molecule has 3 aliphatic carbocycles. The Hall–Kier alpha value is -2.51. The van der Waals surface area contributed by atoms with Crippen molar-refractivity contribution >= 4 is 17.6 Å². The number of hydrogen-bond donors (Lipinski definition) is 0. The number of allylic oxidation sites excluding steroid dienone is 2. The third-order valence-corrected chi connectivity index (χ3v) is 7.49. The van der Waals surface area contributed by atoms with E-state index in [2.05, 4.69) is 33.5 Å². The number of fused-ring (bicyclic) bond motifs is 1. The maximum Gasteiger partial charge on any atom is 0.233 e. The van der Waals surface area contributed by atoms with Crippen molar-refractivity contribution in [1.29, 1.82) is 0 Å². The van der Waals surface area contributed by atoms with Crippen LogP contribution in [0.4, 0.5) is 5.82 Å². The summed E-state index contributed by atoms with van der Waals surface area (Å²) in [5.41, 5.74) is 0. The Morgan fingerprint density at radius 1 is 1.03 bits per heavy atom. The summed E-state index contributed by atoms with van der Waals surface area (Å²) in [6.07, 6.45) is 9.70. The van der Waals surface area contributed by atoms with Gasteiger partial charge in [0, 0.05) is 38.9 Å². The summed E-state index contributed by atoms with van der Waals surface area (Å²) in [6, 6.07) is 5.98. The smallest absolute Gasteiger partial charge is 0.233 e. The van der Waals surface area contributed by atoms with E-state index in [-0.39, 0.29) is 41.6 Å². The largest absolute Gasteiger partial charge is 0.371 e. The van der Waals surface area contributed by atoms with Gasteiger partial charge in [-0.1, -0.05) is 24.3 Å². The predicted octanol–water partition coefficient (Wildman–Crippen LogP) is 1.97. The molecule has 3 fully saturated rings. The number of pyridine rings is 1. The number of imide groups is 1. The molecule has 3 heterocycles. The second-order valence-electron chi connectivity index (χ2n) is 9.35. The van der Waals surface area contributed by atoms with E-state index in [9.17, 15) is 9.59 Å². The number of likely N-dealkylation sites (tertiary alicyclic amines) is 1. The number of amides is 2. The van der Waals surface area contributed by atoms with Crippen molar-refractivity contribution in [1.82, 2.24) is 14.8 Å². The van der Waals surface area contributed by atoms with Crippen LogP contribution in [0.3, 0.4) is 0 Å². The van der Waals surface area contributed by atoms with Crippen molar-refractivity contribution in [2.45, 2.75) is 18.9 Å². The number of carbonyl (C=O) groups is 2. The summed E-state index contributed by atoms with van der Waals surface area (Å²) in [6.45, 7) is 8.78. The Morgan fingerprint density at radius 3 is 2.28 bits per heavy atom. The van der Waals surface area contributed by atoms with Crippen LogP contribution in [0.5, 0.6) is 0 Å². The minimum absolute atomic E-state index is 0.00576. The van der Waals surface area contributed by atoms with Crippen molar-refractivity contribution in [3.8, 4) is 0 Å². The molecule has 1 aromatic rings. The van der Waals surface area contributed by atoms with E-state index < -0.39 is 0 Å². The van der Waals surface area contributed by atoms with E-state index in [1.807, 2.05) is 24.4 Å². The molecule has 5 atom stereocenters. The van der Waals surface area contributed by atoms with Crippen LogP contribution in [0.2, 0.25) is 0 Å². The zero-order chi connectivity index (χ0) is 22.1. The Balaban J connectivity index is 1.21. The van der Waals surface area contributed by atoms with Gasteiger partial charge in [-0.3, -0.25) is 19.4 Å². The first-order valence-corrected chi connectivity index (χ1v) is 11.8. The molecule has 3 unspecified atom stereocenters. The van der Waals surface area contributed by atoms with Crippen LogP contribution in [0.25, 0.3) is 0 Å². The van der Waals surface area contributed by atoms with E-state index in [1.165, 1.54) is 4.90 Å². The van der Waals surface area contributed by atoms with Gasteiger partial charge in [-0.05, 0) is 36.8 Å². The first-order chi connectivity index (χ1) is 15.7. The predicted molar refractivity (Wildman–Crippen MR) is 122 cm³/mol. The van der Waals surface area contributed by atoms with Gasteiger partial charge in [0.15, 0.2) is 0 Å². The SMILES string of the molecule is C=CCOC(CN1CCN(c2ccccn2)CC1)CN1C(=O)[C@@H]2C3C=CC(CC3)[C@@H]2C1=O. The maximum atomic E-state index is 13.2. The van der Waals surface area contributed by atoms with E-state index in [0.717, 1.165) is 44.8 Å². The monoisotopic (exact) mass is 436 g/mol. The van der Waals surface area contributed by atoms with Crippen molar-refractivity contribution in [2.75, 3.05) is 50.8 Å². The number of ether oxygens (including phenoxy) is 1. The van der Waals surface area contributed by atoms with E-state index in [0.29, 0.717) is 19.7 Å². The molecular formula is C25H32N4O3. The molecule has 6 rings (SSSR count). The Labute approximate surface area is 189 Å². The lowest BCUT2D eigenvalue weighted by molar-refractivity contribution is -0.142. The zero-order valence-electron chi connectivity index (χ0n) is 18.5. The molecule has 5 aliphatic rings. The fraction of sp³-hybridized carbons (Fsp3) is 0.560. The van der Waals surface area contributed by atoms with Crippen molar-refractivity contribution < 1.29 is 14.3 Å². The molecule has 7 heteroatoms. The van der Waals surface area contributed by atoms with Crippen LogP contribution in [-0.4, -0.2) is 78.6 Å². The van der Waals surface area contributed by atoms with Gasteiger partial charge in [0.05, 0.1) is 31.1 Å². The molecular weight excluding hydrogens is 404 g/mol. The van der Waals surface area contributed by atoms with Gasteiger partial charge in [0.25, 0.3) is 0 Å². The molecule has 0 spiro atoms. The lowest BCUT2D eigenvalue weighted by Crippen LogP contribution is -2.51. The Bertz CT molecular complexity index is 848. The highest BCUT2D eigenvalue weighted by molar-refractivity contribution is 6.06. The number of aromatic nitrogens is 1. The molecule has 0 N–H and O–H groups in total. The molecule has 1 aromatic heterocycles. The first-order valence-electron chi connectivity index (χ1n) is 11.8. The quantitative estimate of drug-likeness (QED) is 0.459. The highest BCUT2D eigenvalue weighted by Gasteiger charge is 2.56. The van der Waals surface area contributed by atoms with Gasteiger partial charge < -0.3 is 9.64 Å². The van der Waals surface area contributed by atoms with Crippen molar-refractivity contribution in [2.24, 2.45) is 23.7 Å². The van der Waals surface area contributed by atoms with Gasteiger partial charge in [0.1, 0.15) is 5.82 Å². The lowest BCUT2D eigenvalue weighted by Gasteiger charge is -2.38. The summed E-state index contributed by atoms with van der Waals surface area (Å²) in [7, 11) is 0. The maximum absolute atomic E-state index is 13.2. The standard InChI is InChI=1S/C25H32N4O3/c1-2-15-32-20(16-27-11-13-28(14-12-27)21-5-3-4-10-26-21)17-29-24(30)22-18-6-7-19(9-8-18)23(22)25(29)31/h2-7,10,18-20,22-23H,1,8-9,11-17H2/t18?,19?,20?,22-,23+. The average Bonchev–Trinajstić information content (AvgIpc) is 3.11. The van der Waals surface area contributed by atoms with Crippen LogP contribution in [0.15, 0.2) is 49.2 Å². The fourth-order valence-electron chi connectivity index (χ4n) is 5.88. The lowest BCUT2D eigenvalue weighted by atomic mass is 9.63. The number of carbonyl (C=O) groups excluding carboxylic acids is 2. The number of anilines is 1. The molecule has 170 valence electrons. The molecule has 32 heavy (non-hydrogen) atoms. The van der Waals surface area contributed by atoms with Gasteiger partial charge in [-0.2, -0.15) is 0 Å². The molecule has 0 radical (unpaired) electrons. The highest BCUT2D eigenvalue weighted by atomic mass is 16.5. The van der Waals surface area contributed by atoms with E-state index >= 15 is 0 Å². The summed E-state index contributed by atoms with van der Waals surface area (Å²) in [4.78, 5) is 37.0. The zero-order valence-corrected chi connectivity index (χ0v) is 18.5. The van der Waals surface area contributed by atoms with E-state index in [1.54, 1.807) is 6.08 Å². The third-order valence-electron chi connectivity index (χ3n) is 7.49. The second-order valence-corrected chi connectivity index (χ2v) is 9.35. The van der Waals surface area contributed by atoms with Crippen LogP contribution in [-0.2, 0) is 14.3 Å². The minimum Gasteiger partial charge on any atom is -0.371 e. The molecule has 1 saturated carbocycles. The fourth-order valence-corrected chi connectivity index (χ4v) is 5.88. The Morgan fingerprint density at radius 2 is 1.72 bits per heavy atom. The number of rotatable bonds is 8. The van der Waals surface area contributed by atoms with Gasteiger partial charge >= 0.3 is 0 Å². The summed E-state index contributed by atoms with van der Waals surface area (Å²) < 4.78 is 6.04. The topological polar surface area (TPSA) is 66.0 Å².